The third-order valence-electron chi connectivity index (χ3n) is 2.94. The standard InChI is InChI=1S/C20H19N/c1-16-8-12-19(13-9-16)21(18-6-4-3-5-7-18)20-14-10-17(2)11-15-20/h3-15H,1-2H3/i8D,9D,10D,11D,12D,13D,14D,15D. The molecule has 3 aromatic carbocycles. The highest BCUT2D eigenvalue weighted by Crippen LogP contribution is 2.34. The van der Waals surface area contributed by atoms with Gasteiger partial charge in [-0.15, -0.1) is 0 Å². The molecule has 0 heterocycles. The smallest absolute Gasteiger partial charge is 0.0645 e. The highest BCUT2D eigenvalue weighted by atomic mass is 15.1. The van der Waals surface area contributed by atoms with Crippen LogP contribution in [0, 0.1) is 13.8 Å². The molecule has 0 aliphatic heterocycles. The molecule has 0 amide bonds. The van der Waals surface area contributed by atoms with E-state index in [9.17, 15) is 0 Å². The fourth-order valence-corrected chi connectivity index (χ4v) is 1.91. The van der Waals surface area contributed by atoms with Crippen molar-refractivity contribution in [3.63, 3.8) is 0 Å². The van der Waals surface area contributed by atoms with Gasteiger partial charge in [-0.25, -0.2) is 0 Å². The van der Waals surface area contributed by atoms with Gasteiger partial charge in [-0.05, 0) is 50.1 Å². The molecule has 0 aliphatic carbocycles. The molecule has 1 heteroatoms. The Labute approximate surface area is 137 Å². The largest absolute Gasteiger partial charge is 0.311 e. The van der Waals surface area contributed by atoms with Crippen LogP contribution in [0.1, 0.15) is 22.1 Å². The number of hydrogen-bond donors (Lipinski definition) is 0. The first-order valence-corrected chi connectivity index (χ1v) is 6.58. The molecule has 0 saturated carbocycles. The van der Waals surface area contributed by atoms with Crippen LogP contribution in [-0.4, -0.2) is 0 Å². The summed E-state index contributed by atoms with van der Waals surface area (Å²) in [4.78, 5) is 1.28. The lowest BCUT2D eigenvalue weighted by Gasteiger charge is -2.25. The van der Waals surface area contributed by atoms with E-state index < -0.39 is 0 Å². The molecule has 104 valence electrons. The van der Waals surface area contributed by atoms with Gasteiger partial charge in [0.15, 0.2) is 0 Å². The lowest BCUT2D eigenvalue weighted by Crippen LogP contribution is -2.09. The minimum Gasteiger partial charge on any atom is -0.311 e. The van der Waals surface area contributed by atoms with Crippen LogP contribution in [0.15, 0.2) is 78.7 Å². The number of nitrogens with zero attached hydrogens (tertiary/aromatic N) is 1. The van der Waals surface area contributed by atoms with Gasteiger partial charge in [0.1, 0.15) is 0 Å². The van der Waals surface area contributed by atoms with Crippen molar-refractivity contribution in [1.29, 1.82) is 0 Å². The fraction of sp³-hybridized carbons (Fsp3) is 0.100. The zero-order valence-corrected chi connectivity index (χ0v) is 11.8. The summed E-state index contributed by atoms with van der Waals surface area (Å²) in [6.07, 6.45) is 0. The molecule has 3 aromatic rings. The molecule has 0 atom stereocenters. The molecule has 0 unspecified atom stereocenters. The molecule has 0 N–H and O–H groups in total. The van der Waals surface area contributed by atoms with Gasteiger partial charge in [0.05, 0.1) is 11.0 Å². The van der Waals surface area contributed by atoms with Crippen molar-refractivity contribution in [2.24, 2.45) is 0 Å². The molecule has 0 aromatic heterocycles. The summed E-state index contributed by atoms with van der Waals surface area (Å²) in [7, 11) is 0. The van der Waals surface area contributed by atoms with E-state index in [0.29, 0.717) is 5.69 Å². The van der Waals surface area contributed by atoms with Crippen molar-refractivity contribution >= 4 is 17.1 Å². The van der Waals surface area contributed by atoms with Gasteiger partial charge in [-0.1, -0.05) is 53.5 Å². The Morgan fingerprint density at radius 3 is 1.48 bits per heavy atom. The van der Waals surface area contributed by atoms with Crippen LogP contribution in [0.3, 0.4) is 0 Å². The van der Waals surface area contributed by atoms with E-state index in [-0.39, 0.29) is 70.8 Å². The summed E-state index contributed by atoms with van der Waals surface area (Å²) in [6.45, 7) is 3.00. The fourth-order valence-electron chi connectivity index (χ4n) is 1.91. The van der Waals surface area contributed by atoms with Gasteiger partial charge < -0.3 is 4.90 Å². The van der Waals surface area contributed by atoms with Crippen molar-refractivity contribution in [3.05, 3.63) is 89.8 Å². The summed E-state index contributed by atoms with van der Waals surface area (Å²) < 4.78 is 66.5. The maximum absolute atomic E-state index is 8.44. The number of hydrogen-bond acceptors (Lipinski definition) is 1. The van der Waals surface area contributed by atoms with Crippen LogP contribution in [0.4, 0.5) is 17.1 Å². The average Bonchev–Trinajstić information content (AvgIpc) is 2.73. The van der Waals surface area contributed by atoms with Crippen LogP contribution in [0.5, 0.6) is 0 Å². The second kappa shape index (κ2) is 5.84. The van der Waals surface area contributed by atoms with Crippen molar-refractivity contribution in [1.82, 2.24) is 0 Å². The minimum atomic E-state index is -0.315. The topological polar surface area (TPSA) is 3.24 Å². The minimum absolute atomic E-state index is 0.124. The van der Waals surface area contributed by atoms with Crippen LogP contribution in [-0.2, 0) is 0 Å². The summed E-state index contributed by atoms with van der Waals surface area (Å²) in [5.41, 5.74) is 0.546. The van der Waals surface area contributed by atoms with Gasteiger partial charge >= 0.3 is 0 Å². The van der Waals surface area contributed by atoms with E-state index in [2.05, 4.69) is 0 Å². The first-order chi connectivity index (χ1) is 13.6. The van der Waals surface area contributed by atoms with Crippen molar-refractivity contribution in [3.8, 4) is 0 Å². The second-order valence-corrected chi connectivity index (χ2v) is 4.62. The third-order valence-corrected chi connectivity index (χ3v) is 2.94. The quantitative estimate of drug-likeness (QED) is 0.588. The second-order valence-electron chi connectivity index (χ2n) is 4.62. The molecule has 1 nitrogen and oxygen atoms in total. The van der Waals surface area contributed by atoms with E-state index in [1.165, 1.54) is 18.7 Å². The summed E-state index contributed by atoms with van der Waals surface area (Å²) in [6, 6.07) is 6.34. The molecule has 0 bridgehead atoms. The molecule has 0 fully saturated rings. The maximum Gasteiger partial charge on any atom is 0.0645 e. The molecule has 0 spiro atoms. The van der Waals surface area contributed by atoms with E-state index >= 15 is 0 Å². The van der Waals surface area contributed by atoms with Gasteiger partial charge in [0.2, 0.25) is 0 Å². The number of rotatable bonds is 3. The summed E-state index contributed by atoms with van der Waals surface area (Å²) in [5, 5.41) is 0. The SMILES string of the molecule is [2H]c1c([2H])c(N(c2ccccc2)c2c([2H])c([2H])c(C)c([2H])c2[2H])c([2H])c([2H])c1C. The van der Waals surface area contributed by atoms with Gasteiger partial charge in [0.25, 0.3) is 0 Å². The van der Waals surface area contributed by atoms with Crippen molar-refractivity contribution in [2.45, 2.75) is 13.8 Å². The zero-order chi connectivity index (χ0) is 21.6. The van der Waals surface area contributed by atoms with Gasteiger partial charge in [-0.3, -0.25) is 0 Å². The predicted molar refractivity (Wildman–Crippen MR) is 90.6 cm³/mol. The highest BCUT2D eigenvalue weighted by molar-refractivity contribution is 5.76. The lowest BCUT2D eigenvalue weighted by atomic mass is 10.1. The third kappa shape index (κ3) is 2.97. The zero-order valence-electron chi connectivity index (χ0n) is 19.8. The summed E-state index contributed by atoms with van der Waals surface area (Å²) >= 11 is 0. The van der Waals surface area contributed by atoms with E-state index in [1.807, 2.05) is 0 Å². The van der Waals surface area contributed by atoms with Gasteiger partial charge in [-0.2, -0.15) is 0 Å². The molecular weight excluding hydrogens is 254 g/mol. The Morgan fingerprint density at radius 1 is 0.619 bits per heavy atom. The molecular formula is C20H19N. The Bertz CT molecular complexity index is 984. The number of para-hydroxylation sites is 1. The molecule has 3 rings (SSSR count). The van der Waals surface area contributed by atoms with E-state index in [0.717, 1.165) is 0 Å². The van der Waals surface area contributed by atoms with Crippen LogP contribution >= 0.6 is 0 Å². The van der Waals surface area contributed by atoms with Crippen molar-refractivity contribution < 1.29 is 11.0 Å². The van der Waals surface area contributed by atoms with E-state index in [4.69, 9.17) is 11.0 Å². The number of benzene rings is 3. The van der Waals surface area contributed by atoms with E-state index in [1.54, 1.807) is 30.3 Å². The number of anilines is 3. The van der Waals surface area contributed by atoms with Crippen LogP contribution in [0.25, 0.3) is 0 Å². The molecule has 0 radical (unpaired) electrons. The highest BCUT2D eigenvalue weighted by Gasteiger charge is 2.11. The molecule has 21 heavy (non-hydrogen) atoms. The maximum atomic E-state index is 8.44. The van der Waals surface area contributed by atoms with Gasteiger partial charge in [0, 0.05) is 17.1 Å². The normalized spacial score (nSPS) is 15.7. The average molecular weight is 281 g/mol. The Morgan fingerprint density at radius 2 is 1.05 bits per heavy atom. The summed E-state index contributed by atoms with van der Waals surface area (Å²) in [5.74, 6) is 0. The predicted octanol–water partition coefficient (Wildman–Crippen LogP) is 5.77. The first kappa shape index (κ1) is 6.95. The molecule has 0 aliphatic rings. The Hall–Kier alpha value is -2.54. The molecule has 0 saturated heterocycles. The van der Waals surface area contributed by atoms with Crippen LogP contribution < -0.4 is 4.90 Å². The first-order valence-electron chi connectivity index (χ1n) is 10.6. The van der Waals surface area contributed by atoms with Crippen LogP contribution in [0.2, 0.25) is 0 Å². The Balaban J connectivity index is 2.50. The monoisotopic (exact) mass is 281 g/mol. The lowest BCUT2D eigenvalue weighted by molar-refractivity contribution is 1.27. The van der Waals surface area contributed by atoms with Crippen molar-refractivity contribution in [2.75, 3.05) is 4.90 Å². The Kier molecular flexibility index (Phi) is 1.93.